The molecule has 0 aliphatic heterocycles. The average Bonchev–Trinajstić information content (AvgIpc) is 2.25. The van der Waals surface area contributed by atoms with Crippen LogP contribution in [0.2, 0.25) is 0 Å². The molecule has 0 radical (unpaired) electrons. The first-order chi connectivity index (χ1) is 7.17. The standard InChI is InChI=1S/C9H15N5O/c1-3-14(6-8(15)11-2)7-4-5-12-9(10)13-7/h4-5H,3,6H2,1-2H3,(H,11,15)(H2,10,12,13). The lowest BCUT2D eigenvalue weighted by Gasteiger charge is -2.20. The Hall–Kier alpha value is -1.85. The van der Waals surface area contributed by atoms with Crippen LogP contribution in [-0.2, 0) is 4.79 Å². The highest BCUT2D eigenvalue weighted by atomic mass is 16.1. The van der Waals surface area contributed by atoms with Crippen LogP contribution < -0.4 is 16.0 Å². The number of carbonyl (C=O) groups excluding carboxylic acids is 1. The predicted octanol–water partition coefficient (Wildman–Crippen LogP) is -0.369. The maximum Gasteiger partial charge on any atom is 0.239 e. The molecule has 0 aliphatic carbocycles. The van der Waals surface area contributed by atoms with Gasteiger partial charge in [-0.2, -0.15) is 4.98 Å². The zero-order chi connectivity index (χ0) is 11.3. The fourth-order valence-corrected chi connectivity index (χ4v) is 1.15. The van der Waals surface area contributed by atoms with E-state index in [1.54, 1.807) is 19.3 Å². The fourth-order valence-electron chi connectivity index (χ4n) is 1.15. The first-order valence-electron chi connectivity index (χ1n) is 4.71. The van der Waals surface area contributed by atoms with Gasteiger partial charge in [0.05, 0.1) is 6.54 Å². The number of hydrogen-bond acceptors (Lipinski definition) is 5. The molecule has 1 aromatic heterocycles. The van der Waals surface area contributed by atoms with Crippen LogP contribution in [0.1, 0.15) is 6.92 Å². The number of amides is 1. The summed E-state index contributed by atoms with van der Waals surface area (Å²) in [5.74, 6) is 0.811. The van der Waals surface area contributed by atoms with Gasteiger partial charge in [0, 0.05) is 19.8 Å². The molecule has 82 valence electrons. The number of nitrogens with one attached hydrogen (secondary N) is 1. The summed E-state index contributed by atoms with van der Waals surface area (Å²) < 4.78 is 0. The van der Waals surface area contributed by atoms with Gasteiger partial charge in [-0.15, -0.1) is 0 Å². The zero-order valence-corrected chi connectivity index (χ0v) is 8.90. The van der Waals surface area contributed by atoms with E-state index in [9.17, 15) is 4.79 Å². The van der Waals surface area contributed by atoms with Crippen LogP contribution in [0.3, 0.4) is 0 Å². The van der Waals surface area contributed by atoms with Crippen molar-refractivity contribution in [3.63, 3.8) is 0 Å². The Bertz CT molecular complexity index is 341. The largest absolute Gasteiger partial charge is 0.368 e. The van der Waals surface area contributed by atoms with E-state index in [0.29, 0.717) is 12.4 Å². The number of aromatic nitrogens is 2. The Balaban J connectivity index is 2.78. The van der Waals surface area contributed by atoms with Crippen molar-refractivity contribution in [3.05, 3.63) is 12.3 Å². The number of nitrogen functional groups attached to an aromatic ring is 1. The molecule has 6 heteroatoms. The molecule has 1 aromatic rings. The Morgan fingerprint density at radius 1 is 1.67 bits per heavy atom. The highest BCUT2D eigenvalue weighted by molar-refractivity contribution is 5.80. The summed E-state index contributed by atoms with van der Waals surface area (Å²) in [7, 11) is 1.60. The number of likely N-dealkylation sites (N-methyl/N-ethyl adjacent to an activating group) is 2. The van der Waals surface area contributed by atoms with Crippen LogP contribution in [0.25, 0.3) is 0 Å². The lowest BCUT2D eigenvalue weighted by Crippen LogP contribution is -2.36. The van der Waals surface area contributed by atoms with Crippen molar-refractivity contribution in [2.24, 2.45) is 0 Å². The molecule has 0 aliphatic rings. The lowest BCUT2D eigenvalue weighted by atomic mass is 10.4. The van der Waals surface area contributed by atoms with E-state index in [-0.39, 0.29) is 18.4 Å². The topological polar surface area (TPSA) is 84.1 Å². The molecule has 15 heavy (non-hydrogen) atoms. The van der Waals surface area contributed by atoms with E-state index in [0.717, 1.165) is 0 Å². The van der Waals surface area contributed by atoms with Crippen LogP contribution in [0.4, 0.5) is 11.8 Å². The van der Waals surface area contributed by atoms with Crippen molar-refractivity contribution in [3.8, 4) is 0 Å². The van der Waals surface area contributed by atoms with Gasteiger partial charge in [0.15, 0.2) is 0 Å². The fraction of sp³-hybridized carbons (Fsp3) is 0.444. The number of rotatable bonds is 4. The van der Waals surface area contributed by atoms with Gasteiger partial charge in [-0.3, -0.25) is 4.79 Å². The molecule has 1 heterocycles. The third-order valence-electron chi connectivity index (χ3n) is 1.98. The van der Waals surface area contributed by atoms with E-state index in [1.165, 1.54) is 0 Å². The summed E-state index contributed by atoms with van der Waals surface area (Å²) in [5, 5.41) is 2.56. The summed E-state index contributed by atoms with van der Waals surface area (Å²) in [6.07, 6.45) is 1.57. The molecule has 1 amide bonds. The van der Waals surface area contributed by atoms with Crippen molar-refractivity contribution < 1.29 is 4.79 Å². The minimum Gasteiger partial charge on any atom is -0.368 e. The molecular formula is C9H15N5O. The maximum absolute atomic E-state index is 11.2. The number of hydrogen-bond donors (Lipinski definition) is 2. The second-order valence-corrected chi connectivity index (χ2v) is 2.96. The maximum atomic E-state index is 11.2. The van der Waals surface area contributed by atoms with E-state index in [1.807, 2.05) is 11.8 Å². The molecule has 0 fully saturated rings. The van der Waals surface area contributed by atoms with Crippen molar-refractivity contribution in [1.82, 2.24) is 15.3 Å². The van der Waals surface area contributed by atoms with E-state index in [2.05, 4.69) is 15.3 Å². The first-order valence-corrected chi connectivity index (χ1v) is 4.71. The van der Waals surface area contributed by atoms with Crippen molar-refractivity contribution in [1.29, 1.82) is 0 Å². The molecule has 0 saturated heterocycles. The Morgan fingerprint density at radius 2 is 2.40 bits per heavy atom. The molecule has 0 saturated carbocycles. The van der Waals surface area contributed by atoms with Gasteiger partial charge in [0.2, 0.25) is 11.9 Å². The number of nitrogens with two attached hydrogens (primary N) is 1. The quantitative estimate of drug-likeness (QED) is 0.707. The predicted molar refractivity (Wildman–Crippen MR) is 58.4 cm³/mol. The van der Waals surface area contributed by atoms with Gasteiger partial charge >= 0.3 is 0 Å². The van der Waals surface area contributed by atoms with Gasteiger partial charge in [0.1, 0.15) is 5.82 Å². The second kappa shape index (κ2) is 5.14. The molecule has 1 rings (SSSR count). The van der Waals surface area contributed by atoms with E-state index >= 15 is 0 Å². The molecular weight excluding hydrogens is 194 g/mol. The van der Waals surface area contributed by atoms with Crippen molar-refractivity contribution in [2.75, 3.05) is 30.8 Å². The Labute approximate surface area is 88.5 Å². The zero-order valence-electron chi connectivity index (χ0n) is 8.90. The van der Waals surface area contributed by atoms with Gasteiger partial charge < -0.3 is 16.0 Å². The van der Waals surface area contributed by atoms with Gasteiger partial charge in [-0.1, -0.05) is 0 Å². The number of anilines is 2. The molecule has 6 nitrogen and oxygen atoms in total. The van der Waals surface area contributed by atoms with E-state index in [4.69, 9.17) is 5.73 Å². The number of nitrogens with zero attached hydrogens (tertiary/aromatic N) is 3. The summed E-state index contributed by atoms with van der Waals surface area (Å²) in [4.78, 5) is 20.9. The third kappa shape index (κ3) is 3.08. The third-order valence-corrected chi connectivity index (χ3v) is 1.98. The van der Waals surface area contributed by atoms with Crippen molar-refractivity contribution in [2.45, 2.75) is 6.92 Å². The first kappa shape index (κ1) is 11.2. The average molecular weight is 209 g/mol. The van der Waals surface area contributed by atoms with Crippen LogP contribution in [0, 0.1) is 0 Å². The second-order valence-electron chi connectivity index (χ2n) is 2.96. The van der Waals surface area contributed by atoms with Gasteiger partial charge in [0.25, 0.3) is 0 Å². The summed E-state index contributed by atoms with van der Waals surface area (Å²) in [5.41, 5.74) is 5.46. The van der Waals surface area contributed by atoms with Gasteiger partial charge in [-0.25, -0.2) is 4.98 Å². The molecule has 0 unspecified atom stereocenters. The molecule has 0 bridgehead atoms. The minimum atomic E-state index is -0.0611. The van der Waals surface area contributed by atoms with Crippen molar-refractivity contribution >= 4 is 17.7 Å². The van der Waals surface area contributed by atoms with E-state index < -0.39 is 0 Å². The summed E-state index contributed by atoms with van der Waals surface area (Å²) in [6.45, 7) is 2.90. The van der Waals surface area contributed by atoms with Crippen LogP contribution in [0.5, 0.6) is 0 Å². The highest BCUT2D eigenvalue weighted by Crippen LogP contribution is 2.09. The van der Waals surface area contributed by atoms with Gasteiger partial charge in [-0.05, 0) is 13.0 Å². The molecule has 0 atom stereocenters. The molecule has 3 N–H and O–H groups in total. The van der Waals surface area contributed by atoms with Crippen LogP contribution >= 0.6 is 0 Å². The normalized spacial score (nSPS) is 9.73. The van der Waals surface area contributed by atoms with Crippen LogP contribution in [-0.4, -0.2) is 36.0 Å². The molecule has 0 aromatic carbocycles. The Kier molecular flexibility index (Phi) is 3.84. The lowest BCUT2D eigenvalue weighted by molar-refractivity contribution is -0.119. The number of carbonyl (C=O) groups is 1. The smallest absolute Gasteiger partial charge is 0.239 e. The summed E-state index contributed by atoms with van der Waals surface area (Å²) >= 11 is 0. The Morgan fingerprint density at radius 3 is 2.93 bits per heavy atom. The minimum absolute atomic E-state index is 0.0611. The summed E-state index contributed by atoms with van der Waals surface area (Å²) in [6, 6.07) is 1.72. The highest BCUT2D eigenvalue weighted by Gasteiger charge is 2.09. The van der Waals surface area contributed by atoms with Crippen LogP contribution in [0.15, 0.2) is 12.3 Å². The monoisotopic (exact) mass is 209 g/mol. The molecule has 0 spiro atoms. The SMILES string of the molecule is CCN(CC(=O)NC)c1ccnc(N)n1.